The van der Waals surface area contributed by atoms with E-state index in [-0.39, 0.29) is 18.2 Å². The summed E-state index contributed by atoms with van der Waals surface area (Å²) in [5, 5.41) is 7.37. The van der Waals surface area contributed by atoms with Gasteiger partial charge in [-0.2, -0.15) is 8.78 Å². The second-order valence-corrected chi connectivity index (χ2v) is 6.52. The van der Waals surface area contributed by atoms with Crippen molar-refractivity contribution in [2.45, 2.75) is 38.8 Å². The van der Waals surface area contributed by atoms with Crippen LogP contribution < -0.4 is 10.1 Å². The Labute approximate surface area is 153 Å². The second kappa shape index (κ2) is 6.94. The minimum atomic E-state index is -2.86. The maximum absolute atomic E-state index is 12.8. The lowest BCUT2D eigenvalue weighted by Gasteiger charge is -2.09. The van der Waals surface area contributed by atoms with Gasteiger partial charge >= 0.3 is 6.61 Å². The number of rotatable bonds is 6. The lowest BCUT2D eigenvalue weighted by Crippen LogP contribution is -2.23. The molecule has 0 unspecified atom stereocenters. The fraction of sp³-hybridized carbons (Fsp3) is 0.316. The van der Waals surface area contributed by atoms with E-state index in [1.54, 1.807) is 25.1 Å². The summed E-state index contributed by atoms with van der Waals surface area (Å²) in [5.74, 6) is 0.183. The summed E-state index contributed by atoms with van der Waals surface area (Å²) in [4.78, 5) is 17.2. The largest absolute Gasteiger partial charge is 0.435 e. The molecule has 0 aliphatic heterocycles. The summed E-state index contributed by atoms with van der Waals surface area (Å²) in [6.45, 7) is -0.846. The number of carbonyl (C=O) groups is 1. The molecule has 27 heavy (non-hydrogen) atoms. The number of nitrogens with one attached hydrogen (secondary N) is 1. The number of carbonyl (C=O) groups excluding carboxylic acids is 1. The molecule has 0 spiro atoms. The van der Waals surface area contributed by atoms with Gasteiger partial charge in [0.1, 0.15) is 5.75 Å². The third-order valence-corrected chi connectivity index (χ3v) is 4.48. The fourth-order valence-electron chi connectivity index (χ4n) is 2.95. The number of ether oxygens (including phenoxy) is 1. The van der Waals surface area contributed by atoms with Crippen LogP contribution in [0.1, 0.15) is 46.1 Å². The molecule has 1 aliphatic carbocycles. The molecule has 0 saturated heterocycles. The zero-order valence-electron chi connectivity index (χ0n) is 14.5. The number of benzene rings is 1. The SMILES string of the molecule is Cc1noc2nc(C3CC3)cc(C(=O)NCc3ccc(OC(F)F)cc3)c12. The number of hydrogen-bond acceptors (Lipinski definition) is 5. The van der Waals surface area contributed by atoms with Crippen molar-refractivity contribution in [3.05, 3.63) is 52.8 Å². The Hall–Kier alpha value is -3.03. The molecule has 3 aromatic rings. The molecule has 2 aromatic heterocycles. The number of alkyl halides is 2. The number of fused-ring (bicyclic) bond motifs is 1. The summed E-state index contributed by atoms with van der Waals surface area (Å²) in [6.07, 6.45) is 2.11. The standard InChI is InChI=1S/C19H17F2N3O3/c1-10-16-14(8-15(12-4-5-12)23-18(16)27-24-10)17(25)22-9-11-2-6-13(7-3-11)26-19(20)21/h2-3,6-8,12,19H,4-5,9H2,1H3,(H,22,25). The van der Waals surface area contributed by atoms with Crippen LogP contribution in [0.4, 0.5) is 8.78 Å². The summed E-state index contributed by atoms with van der Waals surface area (Å²) in [7, 11) is 0. The minimum absolute atomic E-state index is 0.0742. The van der Waals surface area contributed by atoms with E-state index in [9.17, 15) is 13.6 Å². The van der Waals surface area contributed by atoms with Gasteiger partial charge in [-0.25, -0.2) is 4.98 Å². The molecular formula is C19H17F2N3O3. The van der Waals surface area contributed by atoms with Crippen LogP contribution in [0.3, 0.4) is 0 Å². The molecule has 1 saturated carbocycles. The maximum Gasteiger partial charge on any atom is 0.387 e. The van der Waals surface area contributed by atoms with E-state index < -0.39 is 6.61 Å². The van der Waals surface area contributed by atoms with E-state index in [0.717, 1.165) is 24.1 Å². The van der Waals surface area contributed by atoms with Gasteiger partial charge in [0.2, 0.25) is 0 Å². The Morgan fingerprint density at radius 1 is 1.33 bits per heavy atom. The first-order valence-electron chi connectivity index (χ1n) is 8.60. The quantitative estimate of drug-likeness (QED) is 0.708. The summed E-state index contributed by atoms with van der Waals surface area (Å²) in [5.41, 5.74) is 3.07. The lowest BCUT2D eigenvalue weighted by atomic mass is 10.1. The number of aryl methyl sites for hydroxylation is 1. The van der Waals surface area contributed by atoms with Gasteiger partial charge in [0, 0.05) is 18.2 Å². The Bertz CT molecular complexity index is 982. The minimum Gasteiger partial charge on any atom is -0.435 e. The predicted octanol–water partition coefficient (Wildman–Crippen LogP) is 3.94. The molecule has 1 amide bonds. The average molecular weight is 373 g/mol. The van der Waals surface area contributed by atoms with Crippen molar-refractivity contribution < 1.29 is 22.8 Å². The average Bonchev–Trinajstić information content (AvgIpc) is 3.43. The molecule has 0 bridgehead atoms. The third-order valence-electron chi connectivity index (χ3n) is 4.48. The van der Waals surface area contributed by atoms with E-state index in [2.05, 4.69) is 20.2 Å². The van der Waals surface area contributed by atoms with Crippen LogP contribution in [0.15, 0.2) is 34.9 Å². The zero-order valence-corrected chi connectivity index (χ0v) is 14.5. The van der Waals surface area contributed by atoms with Crippen LogP contribution in [0.5, 0.6) is 5.75 Å². The molecule has 8 heteroatoms. The number of pyridine rings is 1. The summed E-state index contributed by atoms with van der Waals surface area (Å²) < 4.78 is 33.9. The van der Waals surface area contributed by atoms with E-state index in [1.165, 1.54) is 12.1 Å². The molecule has 1 aromatic carbocycles. The highest BCUT2D eigenvalue weighted by molar-refractivity contribution is 6.06. The molecule has 0 radical (unpaired) electrons. The van der Waals surface area contributed by atoms with E-state index in [0.29, 0.717) is 28.3 Å². The first kappa shape index (κ1) is 17.4. The number of aromatic nitrogens is 2. The molecule has 140 valence electrons. The van der Waals surface area contributed by atoms with Gasteiger partial charge in [0.25, 0.3) is 11.6 Å². The normalized spacial score (nSPS) is 13.9. The monoisotopic (exact) mass is 373 g/mol. The van der Waals surface area contributed by atoms with Crippen LogP contribution >= 0.6 is 0 Å². The molecule has 1 aliphatic rings. The molecule has 1 fully saturated rings. The van der Waals surface area contributed by atoms with Gasteiger partial charge in [-0.05, 0) is 43.5 Å². The van der Waals surface area contributed by atoms with Crippen LogP contribution in [0, 0.1) is 6.92 Å². The lowest BCUT2D eigenvalue weighted by molar-refractivity contribution is -0.0498. The van der Waals surface area contributed by atoms with Gasteiger partial charge < -0.3 is 14.6 Å². The number of nitrogens with zero attached hydrogens (tertiary/aromatic N) is 2. The maximum atomic E-state index is 12.8. The molecule has 4 rings (SSSR count). The Morgan fingerprint density at radius 2 is 2.07 bits per heavy atom. The zero-order chi connectivity index (χ0) is 19.0. The van der Waals surface area contributed by atoms with Crippen molar-refractivity contribution in [2.75, 3.05) is 0 Å². The van der Waals surface area contributed by atoms with Crippen LogP contribution in [0.2, 0.25) is 0 Å². The molecule has 6 nitrogen and oxygen atoms in total. The van der Waals surface area contributed by atoms with Crippen molar-refractivity contribution in [1.82, 2.24) is 15.5 Å². The van der Waals surface area contributed by atoms with E-state index in [1.807, 2.05) is 0 Å². The first-order valence-corrected chi connectivity index (χ1v) is 8.60. The molecule has 1 N–H and O–H groups in total. The topological polar surface area (TPSA) is 77.2 Å². The van der Waals surface area contributed by atoms with Gasteiger partial charge in [-0.1, -0.05) is 17.3 Å². The number of amides is 1. The molecule has 2 heterocycles. The molecule has 0 atom stereocenters. The van der Waals surface area contributed by atoms with Crippen molar-refractivity contribution in [2.24, 2.45) is 0 Å². The Kier molecular flexibility index (Phi) is 4.47. The fourth-order valence-corrected chi connectivity index (χ4v) is 2.95. The highest BCUT2D eigenvalue weighted by atomic mass is 19.3. The van der Waals surface area contributed by atoms with E-state index >= 15 is 0 Å². The van der Waals surface area contributed by atoms with Crippen molar-refractivity contribution in [3.8, 4) is 5.75 Å². The van der Waals surface area contributed by atoms with Crippen molar-refractivity contribution in [3.63, 3.8) is 0 Å². The van der Waals surface area contributed by atoms with E-state index in [4.69, 9.17) is 4.52 Å². The summed E-state index contributed by atoms with van der Waals surface area (Å²) in [6, 6.07) is 7.93. The van der Waals surface area contributed by atoms with Crippen LogP contribution in [0.25, 0.3) is 11.1 Å². The summed E-state index contributed by atoms with van der Waals surface area (Å²) >= 11 is 0. The highest BCUT2D eigenvalue weighted by Gasteiger charge is 2.28. The highest BCUT2D eigenvalue weighted by Crippen LogP contribution is 2.40. The number of hydrogen-bond donors (Lipinski definition) is 1. The Balaban J connectivity index is 1.52. The van der Waals surface area contributed by atoms with Crippen molar-refractivity contribution in [1.29, 1.82) is 0 Å². The van der Waals surface area contributed by atoms with Gasteiger partial charge in [0.15, 0.2) is 0 Å². The van der Waals surface area contributed by atoms with Gasteiger partial charge in [0.05, 0.1) is 16.6 Å². The van der Waals surface area contributed by atoms with Crippen molar-refractivity contribution >= 4 is 17.0 Å². The molecular weight excluding hydrogens is 356 g/mol. The second-order valence-electron chi connectivity index (χ2n) is 6.52. The Morgan fingerprint density at radius 3 is 2.74 bits per heavy atom. The number of halogens is 2. The first-order chi connectivity index (χ1) is 13.0. The van der Waals surface area contributed by atoms with Crippen LogP contribution in [-0.2, 0) is 6.54 Å². The van der Waals surface area contributed by atoms with Crippen LogP contribution in [-0.4, -0.2) is 22.7 Å². The predicted molar refractivity (Wildman–Crippen MR) is 92.8 cm³/mol. The smallest absolute Gasteiger partial charge is 0.387 e. The van der Waals surface area contributed by atoms with Gasteiger partial charge in [-0.3, -0.25) is 4.79 Å². The third kappa shape index (κ3) is 3.74. The van der Waals surface area contributed by atoms with Gasteiger partial charge in [-0.15, -0.1) is 0 Å².